The van der Waals surface area contributed by atoms with Gasteiger partial charge in [0.1, 0.15) is 11.5 Å². The van der Waals surface area contributed by atoms with E-state index < -0.39 is 11.6 Å². The Hall–Kier alpha value is -1.90. The van der Waals surface area contributed by atoms with Crippen molar-refractivity contribution in [2.75, 3.05) is 19.6 Å². The number of nitrogens with zero attached hydrogens (tertiary/aromatic N) is 2. The average Bonchev–Trinajstić information content (AvgIpc) is 3.21. The molecule has 2 unspecified atom stereocenters. The second kappa shape index (κ2) is 8.23. The third-order valence-corrected chi connectivity index (χ3v) is 6.27. The van der Waals surface area contributed by atoms with Crippen LogP contribution in [0.4, 0.5) is 8.78 Å². The third kappa shape index (κ3) is 4.24. The van der Waals surface area contributed by atoms with Crippen molar-refractivity contribution in [3.63, 3.8) is 0 Å². The average molecular weight is 408 g/mol. The summed E-state index contributed by atoms with van der Waals surface area (Å²) in [7, 11) is 0. The third-order valence-electron chi connectivity index (χ3n) is 5.63. The van der Waals surface area contributed by atoms with Crippen LogP contribution in [0.5, 0.6) is 11.5 Å². The monoisotopic (exact) mass is 408 g/mol. The molecule has 8 heteroatoms. The van der Waals surface area contributed by atoms with Crippen LogP contribution < -0.4 is 4.74 Å². The highest BCUT2D eigenvalue weighted by atomic mass is 32.2. The predicted octanol–water partition coefficient (Wildman–Crippen LogP) is 4.10. The minimum Gasteiger partial charge on any atom is -0.506 e. The quantitative estimate of drug-likeness (QED) is 0.702. The number of ether oxygens (including phenoxy) is 1. The van der Waals surface area contributed by atoms with Crippen molar-refractivity contribution in [3.05, 3.63) is 53.9 Å². The van der Waals surface area contributed by atoms with Gasteiger partial charge < -0.3 is 19.3 Å². The van der Waals surface area contributed by atoms with E-state index in [2.05, 4.69) is 9.88 Å². The summed E-state index contributed by atoms with van der Waals surface area (Å²) in [6.45, 7) is 2.51. The maximum atomic E-state index is 13.3. The fourth-order valence-corrected chi connectivity index (χ4v) is 4.86. The van der Waals surface area contributed by atoms with E-state index in [1.54, 1.807) is 12.1 Å². The Morgan fingerprint density at radius 1 is 1.14 bits per heavy atom. The van der Waals surface area contributed by atoms with Gasteiger partial charge in [-0.05, 0) is 61.0 Å². The Kier molecular flexibility index (Phi) is 5.70. The second-order valence-electron chi connectivity index (χ2n) is 7.56. The minimum atomic E-state index is -0.891. The Morgan fingerprint density at radius 2 is 1.89 bits per heavy atom. The molecule has 2 aliphatic rings. The lowest BCUT2D eigenvalue weighted by Crippen LogP contribution is -2.28. The summed E-state index contributed by atoms with van der Waals surface area (Å²) in [6.07, 6.45) is 3.17. The van der Waals surface area contributed by atoms with Gasteiger partial charge in [0.25, 0.3) is 0 Å². The van der Waals surface area contributed by atoms with Crippen molar-refractivity contribution < 1.29 is 23.2 Å². The van der Waals surface area contributed by atoms with Crippen LogP contribution in [0.2, 0.25) is 0 Å². The Morgan fingerprint density at radius 3 is 2.50 bits per heavy atom. The second-order valence-corrected chi connectivity index (χ2v) is 8.34. The zero-order chi connectivity index (χ0) is 19.7. The first-order valence-electron chi connectivity index (χ1n) is 9.31. The van der Waals surface area contributed by atoms with Gasteiger partial charge in [-0.2, -0.15) is 0 Å². The van der Waals surface area contributed by atoms with Crippen LogP contribution in [0, 0.1) is 23.5 Å². The minimum absolute atomic E-state index is 0.0174. The smallest absolute Gasteiger partial charge is 0.162 e. The van der Waals surface area contributed by atoms with E-state index in [1.807, 2.05) is 0 Å². The molecular formula is C20H22F2N2O3S. The number of benzene rings is 1. The molecule has 1 aliphatic carbocycles. The first kappa shape index (κ1) is 19.4. The van der Waals surface area contributed by atoms with E-state index in [4.69, 9.17) is 4.74 Å². The largest absolute Gasteiger partial charge is 0.506 e. The first-order valence-corrected chi connectivity index (χ1v) is 10.1. The van der Waals surface area contributed by atoms with Crippen molar-refractivity contribution in [2.24, 2.45) is 11.8 Å². The maximum Gasteiger partial charge on any atom is 0.162 e. The van der Waals surface area contributed by atoms with Crippen LogP contribution in [-0.2, 0) is 0 Å². The molecule has 4 rings (SSSR count). The summed E-state index contributed by atoms with van der Waals surface area (Å²) in [4.78, 5) is 6.53. The molecule has 1 saturated carbocycles. The summed E-state index contributed by atoms with van der Waals surface area (Å²) in [5.74, 6) is -0.299. The lowest BCUT2D eigenvalue weighted by atomic mass is 10.0. The highest BCUT2D eigenvalue weighted by Gasteiger charge is 2.42. The summed E-state index contributed by atoms with van der Waals surface area (Å²) in [6, 6.07) is 6.96. The summed E-state index contributed by atoms with van der Waals surface area (Å²) in [5, 5.41) is 9.20. The van der Waals surface area contributed by atoms with Crippen LogP contribution in [0.25, 0.3) is 0 Å². The fourth-order valence-electron chi connectivity index (χ4n) is 4.33. The molecule has 2 aromatic rings. The molecule has 0 amide bonds. The van der Waals surface area contributed by atoms with E-state index in [1.165, 1.54) is 12.3 Å². The molecule has 4 atom stereocenters. The fraction of sp³-hybridized carbons (Fsp3) is 0.450. The molecule has 2 heterocycles. The molecule has 1 aliphatic heterocycles. The lowest BCUT2D eigenvalue weighted by molar-refractivity contribution is 0.184. The molecule has 0 spiro atoms. The van der Waals surface area contributed by atoms with E-state index in [9.17, 15) is 18.4 Å². The summed E-state index contributed by atoms with van der Waals surface area (Å²) >= 11 is 0.772. The molecule has 1 aromatic carbocycles. The highest BCUT2D eigenvalue weighted by Crippen LogP contribution is 2.41. The van der Waals surface area contributed by atoms with Gasteiger partial charge in [-0.3, -0.25) is 4.98 Å². The number of pyridine rings is 1. The van der Waals surface area contributed by atoms with Crippen molar-refractivity contribution >= 4 is 12.0 Å². The van der Waals surface area contributed by atoms with Crippen LogP contribution in [-0.4, -0.2) is 45.3 Å². The van der Waals surface area contributed by atoms with E-state index in [0.29, 0.717) is 24.1 Å². The van der Waals surface area contributed by atoms with Crippen LogP contribution in [0.15, 0.2) is 36.5 Å². The van der Waals surface area contributed by atoms with E-state index >= 15 is 0 Å². The van der Waals surface area contributed by atoms with E-state index in [-0.39, 0.29) is 17.1 Å². The van der Waals surface area contributed by atoms with Gasteiger partial charge in [0.05, 0.1) is 23.2 Å². The van der Waals surface area contributed by atoms with Crippen LogP contribution in [0.3, 0.4) is 0 Å². The normalized spacial score (nSPS) is 25.6. The molecule has 1 aromatic heterocycles. The molecule has 150 valence electrons. The van der Waals surface area contributed by atoms with Crippen LogP contribution in [0.1, 0.15) is 23.8 Å². The molecule has 0 bridgehead atoms. The van der Waals surface area contributed by atoms with Crippen LogP contribution >= 0.6 is 12.0 Å². The van der Waals surface area contributed by atoms with Crippen molar-refractivity contribution in [1.82, 2.24) is 9.88 Å². The number of fused-ring (bicyclic) bond motifs is 1. The first-order chi connectivity index (χ1) is 13.5. The number of aromatic nitrogens is 1. The SMILES string of the molecule is OSC(CN1C[C@H]2CC(Oc3ccc(F)c(F)c3)C[C@H]2C1)c1ccc(O)cn1. The van der Waals surface area contributed by atoms with Gasteiger partial charge in [0.2, 0.25) is 0 Å². The number of hydrogen-bond acceptors (Lipinski definition) is 6. The summed E-state index contributed by atoms with van der Waals surface area (Å²) < 4.78 is 41.9. The molecule has 2 fully saturated rings. The zero-order valence-electron chi connectivity index (χ0n) is 15.2. The molecule has 28 heavy (non-hydrogen) atoms. The van der Waals surface area contributed by atoms with Gasteiger partial charge >= 0.3 is 0 Å². The zero-order valence-corrected chi connectivity index (χ0v) is 16.0. The topological polar surface area (TPSA) is 65.8 Å². The van der Waals surface area contributed by atoms with Crippen molar-refractivity contribution in [3.8, 4) is 11.5 Å². The van der Waals surface area contributed by atoms with Gasteiger partial charge in [0.15, 0.2) is 11.6 Å². The Balaban J connectivity index is 1.31. The Bertz CT molecular complexity index is 810. The lowest BCUT2D eigenvalue weighted by Gasteiger charge is -2.23. The molecule has 2 N–H and O–H groups in total. The molecule has 1 saturated heterocycles. The highest BCUT2D eigenvalue weighted by molar-refractivity contribution is 7.94. The summed E-state index contributed by atoms with van der Waals surface area (Å²) in [5.41, 5.74) is 0.738. The van der Waals surface area contributed by atoms with Gasteiger partial charge in [0, 0.05) is 25.7 Å². The van der Waals surface area contributed by atoms with Gasteiger partial charge in [-0.1, -0.05) is 0 Å². The standard InChI is InChI=1S/C20H22F2N2O3S/c21-17-3-2-15(7-18(17)22)27-16-5-12-9-24(10-13(12)6-16)11-20(28-26)19-4-1-14(25)8-23-19/h1-4,7-8,12-13,16,20,25-26H,5-6,9-11H2/t12-,13+,16?,20?. The Labute approximate surface area is 166 Å². The number of halogens is 2. The molecule has 0 radical (unpaired) electrons. The van der Waals surface area contributed by atoms with Gasteiger partial charge in [-0.15, -0.1) is 0 Å². The number of hydrogen-bond donors (Lipinski definition) is 2. The predicted molar refractivity (Wildman–Crippen MR) is 102 cm³/mol. The number of rotatable bonds is 6. The van der Waals surface area contributed by atoms with Gasteiger partial charge in [-0.25, -0.2) is 8.78 Å². The molecular weight excluding hydrogens is 386 g/mol. The van der Waals surface area contributed by atoms with Crippen molar-refractivity contribution in [1.29, 1.82) is 0 Å². The maximum absolute atomic E-state index is 13.3. The van der Waals surface area contributed by atoms with E-state index in [0.717, 1.165) is 55.8 Å². The van der Waals surface area contributed by atoms with Crippen molar-refractivity contribution in [2.45, 2.75) is 24.2 Å². The molecule has 5 nitrogen and oxygen atoms in total. The number of aromatic hydroxyl groups is 1. The number of likely N-dealkylation sites (tertiary alicyclic amines) is 1.